The number of pyridine rings is 1. The minimum Gasteiger partial charge on any atom is -0.493 e. The van der Waals surface area contributed by atoms with Crippen molar-refractivity contribution in [2.75, 3.05) is 5.32 Å². The molecule has 0 amide bonds. The third-order valence-corrected chi connectivity index (χ3v) is 3.99. The molecule has 0 fully saturated rings. The second-order valence-corrected chi connectivity index (χ2v) is 5.85. The predicted octanol–water partition coefficient (Wildman–Crippen LogP) is 4.49. The van der Waals surface area contributed by atoms with Crippen LogP contribution in [0.2, 0.25) is 0 Å². The number of benzene rings is 2. The van der Waals surface area contributed by atoms with Crippen LogP contribution < -0.4 is 10.1 Å². The second kappa shape index (κ2) is 6.56. The van der Waals surface area contributed by atoms with E-state index in [2.05, 4.69) is 15.3 Å². The zero-order valence-electron chi connectivity index (χ0n) is 14.1. The summed E-state index contributed by atoms with van der Waals surface area (Å²) in [6, 6.07) is 11.6. The van der Waals surface area contributed by atoms with Crippen LogP contribution in [0.4, 0.5) is 20.4 Å². The number of aromatic nitrogens is 3. The minimum atomic E-state index is -0.703. The zero-order valence-corrected chi connectivity index (χ0v) is 14.1. The van der Waals surface area contributed by atoms with Crippen molar-refractivity contribution in [1.82, 2.24) is 14.5 Å². The van der Waals surface area contributed by atoms with Gasteiger partial charge in [0.05, 0.1) is 22.9 Å². The first-order chi connectivity index (χ1) is 13.0. The molecule has 0 spiro atoms. The number of anilines is 2. The lowest BCUT2D eigenvalue weighted by molar-refractivity contribution is 0.443. The first-order valence-electron chi connectivity index (χ1n) is 8.01. The Morgan fingerprint density at radius 1 is 1.04 bits per heavy atom. The van der Waals surface area contributed by atoms with Crippen LogP contribution in [0.3, 0.4) is 0 Å². The van der Waals surface area contributed by atoms with Gasteiger partial charge < -0.3 is 19.7 Å². The highest BCUT2D eigenvalue weighted by Gasteiger charge is 2.12. The normalized spacial score (nSPS) is 10.9. The summed E-state index contributed by atoms with van der Waals surface area (Å²) in [7, 11) is 1.77. The zero-order chi connectivity index (χ0) is 19.0. The topological polar surface area (TPSA) is 72.2 Å². The van der Waals surface area contributed by atoms with E-state index in [0.29, 0.717) is 23.0 Å². The summed E-state index contributed by atoms with van der Waals surface area (Å²) >= 11 is 0. The highest BCUT2D eigenvalue weighted by molar-refractivity contribution is 5.81. The Kier molecular flexibility index (Phi) is 4.08. The monoisotopic (exact) mass is 368 g/mol. The molecule has 27 heavy (non-hydrogen) atoms. The minimum absolute atomic E-state index is 0.0896. The van der Waals surface area contributed by atoms with Gasteiger partial charge in [-0.3, -0.25) is 0 Å². The van der Waals surface area contributed by atoms with Gasteiger partial charge in [0.1, 0.15) is 23.1 Å². The molecule has 2 heterocycles. The van der Waals surface area contributed by atoms with Crippen molar-refractivity contribution < 1.29 is 18.6 Å². The highest BCUT2D eigenvalue weighted by Crippen LogP contribution is 2.28. The fourth-order valence-electron chi connectivity index (χ4n) is 2.63. The molecule has 0 bridgehead atoms. The van der Waals surface area contributed by atoms with Crippen LogP contribution in [0.1, 0.15) is 0 Å². The second-order valence-electron chi connectivity index (χ2n) is 5.85. The van der Waals surface area contributed by atoms with E-state index in [4.69, 9.17) is 4.74 Å². The Labute approximate surface area is 152 Å². The number of hydrogen-bond donors (Lipinski definition) is 2. The van der Waals surface area contributed by atoms with Crippen LogP contribution in [0.15, 0.2) is 54.7 Å². The number of rotatable bonds is 4. The van der Waals surface area contributed by atoms with Gasteiger partial charge in [-0.25, -0.2) is 18.7 Å². The van der Waals surface area contributed by atoms with Gasteiger partial charge in [0, 0.05) is 25.2 Å². The van der Waals surface area contributed by atoms with Gasteiger partial charge in [-0.05, 0) is 30.3 Å². The maximum Gasteiger partial charge on any atom is 0.210 e. The molecule has 2 aromatic carbocycles. The average Bonchev–Trinajstić information content (AvgIpc) is 2.95. The summed E-state index contributed by atoms with van der Waals surface area (Å²) < 4.78 is 34.4. The maximum absolute atomic E-state index is 13.9. The van der Waals surface area contributed by atoms with Crippen LogP contribution in [-0.4, -0.2) is 19.6 Å². The van der Waals surface area contributed by atoms with Gasteiger partial charge in [-0.15, -0.1) is 0 Å². The number of aromatic hydroxyl groups is 1. The van der Waals surface area contributed by atoms with Gasteiger partial charge >= 0.3 is 0 Å². The Bertz CT molecular complexity index is 1130. The van der Waals surface area contributed by atoms with Crippen LogP contribution in [0.25, 0.3) is 11.0 Å². The van der Waals surface area contributed by atoms with Crippen molar-refractivity contribution in [1.29, 1.82) is 0 Å². The van der Waals surface area contributed by atoms with Crippen LogP contribution in [0.5, 0.6) is 17.4 Å². The largest absolute Gasteiger partial charge is 0.493 e. The third kappa shape index (κ3) is 3.37. The van der Waals surface area contributed by atoms with E-state index in [1.54, 1.807) is 35.9 Å². The molecule has 2 N–H and O–H groups in total. The highest BCUT2D eigenvalue weighted by atomic mass is 19.1. The predicted molar refractivity (Wildman–Crippen MR) is 96.3 cm³/mol. The molecule has 6 nitrogen and oxygen atoms in total. The quantitative estimate of drug-likeness (QED) is 0.555. The van der Waals surface area contributed by atoms with E-state index < -0.39 is 11.6 Å². The van der Waals surface area contributed by atoms with E-state index in [0.717, 1.165) is 11.6 Å². The molecule has 4 aromatic rings. The molecular formula is C19H14F2N4O2. The van der Waals surface area contributed by atoms with E-state index in [9.17, 15) is 13.9 Å². The van der Waals surface area contributed by atoms with Gasteiger partial charge in [0.25, 0.3) is 0 Å². The third-order valence-electron chi connectivity index (χ3n) is 3.99. The number of nitrogens with one attached hydrogen (secondary N) is 1. The van der Waals surface area contributed by atoms with Crippen molar-refractivity contribution >= 4 is 22.7 Å². The smallest absolute Gasteiger partial charge is 0.210 e. The number of imidazole rings is 1. The lowest BCUT2D eigenvalue weighted by Crippen LogP contribution is -2.01. The summed E-state index contributed by atoms with van der Waals surface area (Å²) in [5, 5.41) is 12.1. The molecule has 136 valence electrons. The lowest BCUT2D eigenvalue weighted by atomic mass is 10.3. The number of fused-ring (bicyclic) bond motifs is 1. The maximum atomic E-state index is 13.9. The summed E-state index contributed by atoms with van der Waals surface area (Å²) in [5.74, 6) is -0.00911. The first kappa shape index (κ1) is 16.8. The molecule has 0 unspecified atom stereocenters. The van der Waals surface area contributed by atoms with Gasteiger partial charge in [0.15, 0.2) is 0 Å². The lowest BCUT2D eigenvalue weighted by Gasteiger charge is -2.08. The molecular weight excluding hydrogens is 354 g/mol. The standard InChI is InChI=1S/C19H14F2N4O2/c1-25-17-9-12(27-13-4-7-18(26)22-10-13)3-6-16(17)24-19(25)23-15-5-2-11(20)8-14(15)21/h2-10H,1H3,(H,22,26)(H,23,24). The molecule has 0 aliphatic carbocycles. The molecule has 0 saturated carbocycles. The van der Waals surface area contributed by atoms with Crippen LogP contribution in [0, 0.1) is 11.6 Å². The van der Waals surface area contributed by atoms with Crippen molar-refractivity contribution in [3.05, 3.63) is 66.4 Å². The van der Waals surface area contributed by atoms with Crippen molar-refractivity contribution in [3.63, 3.8) is 0 Å². The molecule has 2 aromatic heterocycles. The average molecular weight is 368 g/mol. The number of hydrogen-bond acceptors (Lipinski definition) is 5. The fraction of sp³-hybridized carbons (Fsp3) is 0.0526. The first-order valence-corrected chi connectivity index (χ1v) is 8.01. The molecule has 0 aliphatic rings. The van der Waals surface area contributed by atoms with E-state index in [1.165, 1.54) is 24.4 Å². The Morgan fingerprint density at radius 2 is 1.85 bits per heavy atom. The summed E-state index contributed by atoms with van der Waals surface area (Å²) in [5.41, 5.74) is 1.56. The van der Waals surface area contributed by atoms with E-state index >= 15 is 0 Å². The van der Waals surface area contributed by atoms with Crippen molar-refractivity contribution in [3.8, 4) is 17.4 Å². The number of aryl methyl sites for hydroxylation is 1. The molecule has 0 aliphatic heterocycles. The Hall–Kier alpha value is -3.68. The molecule has 4 rings (SSSR count). The van der Waals surface area contributed by atoms with E-state index in [1.807, 2.05) is 0 Å². The fourth-order valence-corrected chi connectivity index (χ4v) is 2.63. The molecule has 0 saturated heterocycles. The van der Waals surface area contributed by atoms with Crippen LogP contribution in [-0.2, 0) is 7.05 Å². The SMILES string of the molecule is Cn1c(Nc2ccc(F)cc2F)nc2ccc(Oc3ccc(O)nc3)cc21. The Morgan fingerprint density at radius 3 is 2.59 bits per heavy atom. The summed E-state index contributed by atoms with van der Waals surface area (Å²) in [6.07, 6.45) is 1.41. The van der Waals surface area contributed by atoms with Gasteiger partial charge in [0.2, 0.25) is 11.8 Å². The van der Waals surface area contributed by atoms with E-state index in [-0.39, 0.29) is 11.6 Å². The summed E-state index contributed by atoms with van der Waals surface area (Å²) in [6.45, 7) is 0. The van der Waals surface area contributed by atoms with Crippen molar-refractivity contribution in [2.45, 2.75) is 0 Å². The van der Waals surface area contributed by atoms with Gasteiger partial charge in [-0.1, -0.05) is 0 Å². The molecule has 8 heteroatoms. The van der Waals surface area contributed by atoms with Crippen LogP contribution >= 0.6 is 0 Å². The summed E-state index contributed by atoms with van der Waals surface area (Å²) in [4.78, 5) is 8.18. The number of ether oxygens (including phenoxy) is 1. The number of nitrogens with zero attached hydrogens (tertiary/aromatic N) is 3. The molecule has 0 atom stereocenters. The van der Waals surface area contributed by atoms with Gasteiger partial charge in [-0.2, -0.15) is 0 Å². The van der Waals surface area contributed by atoms with Crippen molar-refractivity contribution in [2.24, 2.45) is 7.05 Å². The molecule has 0 radical (unpaired) electrons. The number of halogens is 2. The Balaban J connectivity index is 1.64.